The van der Waals surface area contributed by atoms with E-state index >= 15 is 0 Å². The minimum atomic E-state index is -1.17. The summed E-state index contributed by atoms with van der Waals surface area (Å²) in [6, 6.07) is 0. The van der Waals surface area contributed by atoms with Crippen molar-refractivity contribution < 1.29 is 9.13 Å². The van der Waals surface area contributed by atoms with Crippen LogP contribution in [0.25, 0.3) is 0 Å². The summed E-state index contributed by atoms with van der Waals surface area (Å²) in [5.74, 6) is 0. The van der Waals surface area contributed by atoms with Gasteiger partial charge in [-0.25, -0.2) is 4.39 Å². The van der Waals surface area contributed by atoms with E-state index < -0.39 is 11.2 Å². The van der Waals surface area contributed by atoms with Crippen molar-refractivity contribution in [1.29, 1.82) is 0 Å². The van der Waals surface area contributed by atoms with Crippen molar-refractivity contribution in [2.45, 2.75) is 51.7 Å². The van der Waals surface area contributed by atoms with Gasteiger partial charge in [0, 0.05) is 12.0 Å². The van der Waals surface area contributed by atoms with E-state index in [1.165, 1.54) is 0 Å². The standard InChI is InChI=1S/C11H22FNO/c1-9(2,3)5-10(4,13)6-11(12)7-14-8-11/h5-8,13H2,1-4H3. The second kappa shape index (κ2) is 3.46. The molecule has 1 rings (SSSR count). The molecule has 1 aliphatic rings. The topological polar surface area (TPSA) is 35.2 Å². The van der Waals surface area contributed by atoms with Crippen LogP contribution in [-0.2, 0) is 4.74 Å². The molecular weight excluding hydrogens is 181 g/mol. The van der Waals surface area contributed by atoms with Gasteiger partial charge in [-0.1, -0.05) is 20.8 Å². The van der Waals surface area contributed by atoms with Crippen LogP contribution in [0.3, 0.4) is 0 Å². The first-order chi connectivity index (χ1) is 6.12. The van der Waals surface area contributed by atoms with E-state index in [4.69, 9.17) is 10.5 Å². The van der Waals surface area contributed by atoms with Gasteiger partial charge in [0.05, 0.1) is 13.2 Å². The zero-order chi connectivity index (χ0) is 11.0. The molecule has 14 heavy (non-hydrogen) atoms. The van der Waals surface area contributed by atoms with Crippen LogP contribution in [0.15, 0.2) is 0 Å². The minimum Gasteiger partial charge on any atom is -0.375 e. The van der Waals surface area contributed by atoms with Gasteiger partial charge in [-0.05, 0) is 18.8 Å². The van der Waals surface area contributed by atoms with E-state index in [1.54, 1.807) is 0 Å². The first kappa shape index (κ1) is 11.9. The third kappa shape index (κ3) is 3.54. The van der Waals surface area contributed by atoms with Gasteiger partial charge in [0.2, 0.25) is 0 Å². The van der Waals surface area contributed by atoms with Crippen LogP contribution in [0.4, 0.5) is 4.39 Å². The van der Waals surface area contributed by atoms with Gasteiger partial charge in [-0.3, -0.25) is 0 Å². The van der Waals surface area contributed by atoms with E-state index in [9.17, 15) is 4.39 Å². The first-order valence-corrected chi connectivity index (χ1v) is 5.18. The molecule has 2 N–H and O–H groups in total. The van der Waals surface area contributed by atoms with E-state index in [-0.39, 0.29) is 18.6 Å². The van der Waals surface area contributed by atoms with Crippen LogP contribution < -0.4 is 5.73 Å². The van der Waals surface area contributed by atoms with Crippen molar-refractivity contribution in [2.75, 3.05) is 13.2 Å². The number of alkyl halides is 1. The summed E-state index contributed by atoms with van der Waals surface area (Å²) in [5, 5.41) is 0. The van der Waals surface area contributed by atoms with Gasteiger partial charge in [0.25, 0.3) is 0 Å². The quantitative estimate of drug-likeness (QED) is 0.763. The average Bonchev–Trinajstić information content (AvgIpc) is 1.76. The zero-order valence-electron chi connectivity index (χ0n) is 9.69. The Labute approximate surface area is 86.0 Å². The molecule has 1 fully saturated rings. The molecule has 0 bridgehead atoms. The van der Waals surface area contributed by atoms with E-state index in [0.29, 0.717) is 6.42 Å². The van der Waals surface area contributed by atoms with Crippen molar-refractivity contribution in [3.8, 4) is 0 Å². The summed E-state index contributed by atoms with van der Waals surface area (Å²) in [6.45, 7) is 8.73. The summed E-state index contributed by atoms with van der Waals surface area (Å²) in [5.41, 5.74) is 4.64. The van der Waals surface area contributed by atoms with Crippen LogP contribution in [0, 0.1) is 5.41 Å². The molecule has 0 aromatic rings. The largest absolute Gasteiger partial charge is 0.375 e. The third-order valence-electron chi connectivity index (χ3n) is 2.38. The lowest BCUT2D eigenvalue weighted by Gasteiger charge is -2.41. The normalized spacial score (nSPS) is 25.3. The fourth-order valence-corrected chi connectivity index (χ4v) is 2.42. The van der Waals surface area contributed by atoms with E-state index in [1.807, 2.05) is 6.92 Å². The SMILES string of the molecule is CC(C)(C)CC(C)(N)CC1(F)COC1. The predicted molar refractivity (Wildman–Crippen MR) is 55.9 cm³/mol. The molecule has 1 heterocycles. The fraction of sp³-hybridized carbons (Fsp3) is 1.00. The number of halogens is 1. The number of hydrogen-bond acceptors (Lipinski definition) is 2. The summed E-state index contributed by atoms with van der Waals surface area (Å²) in [7, 11) is 0. The Kier molecular flexibility index (Phi) is 2.94. The Morgan fingerprint density at radius 1 is 1.29 bits per heavy atom. The number of nitrogens with two attached hydrogens (primary N) is 1. The molecule has 1 aliphatic heterocycles. The van der Waals surface area contributed by atoms with Crippen molar-refractivity contribution in [1.82, 2.24) is 0 Å². The van der Waals surface area contributed by atoms with Gasteiger partial charge in [-0.2, -0.15) is 0 Å². The smallest absolute Gasteiger partial charge is 0.159 e. The lowest BCUT2D eigenvalue weighted by molar-refractivity contribution is -0.142. The molecule has 1 saturated heterocycles. The molecule has 0 aromatic heterocycles. The minimum absolute atomic E-state index is 0.143. The van der Waals surface area contributed by atoms with Gasteiger partial charge >= 0.3 is 0 Å². The lowest BCUT2D eigenvalue weighted by Crippen LogP contribution is -2.54. The molecule has 0 aliphatic carbocycles. The van der Waals surface area contributed by atoms with Gasteiger partial charge in [-0.15, -0.1) is 0 Å². The Morgan fingerprint density at radius 2 is 1.79 bits per heavy atom. The molecule has 0 spiro atoms. The molecule has 0 aromatic carbocycles. The molecule has 3 heteroatoms. The number of rotatable bonds is 3. The lowest BCUT2D eigenvalue weighted by atomic mass is 9.75. The monoisotopic (exact) mass is 203 g/mol. The highest BCUT2D eigenvalue weighted by atomic mass is 19.1. The molecule has 84 valence electrons. The van der Waals surface area contributed by atoms with Crippen molar-refractivity contribution in [3.63, 3.8) is 0 Å². The van der Waals surface area contributed by atoms with Crippen LogP contribution in [-0.4, -0.2) is 24.4 Å². The Bertz CT molecular complexity index is 204. The molecule has 2 nitrogen and oxygen atoms in total. The first-order valence-electron chi connectivity index (χ1n) is 5.18. The molecular formula is C11H22FNO. The fourth-order valence-electron chi connectivity index (χ4n) is 2.42. The summed E-state index contributed by atoms with van der Waals surface area (Å²) in [6.07, 6.45) is 1.23. The highest BCUT2D eigenvalue weighted by Gasteiger charge is 2.44. The maximum atomic E-state index is 13.8. The van der Waals surface area contributed by atoms with Gasteiger partial charge < -0.3 is 10.5 Å². The number of hydrogen-bond donors (Lipinski definition) is 1. The average molecular weight is 203 g/mol. The third-order valence-corrected chi connectivity index (χ3v) is 2.38. The van der Waals surface area contributed by atoms with Crippen LogP contribution in [0.2, 0.25) is 0 Å². The van der Waals surface area contributed by atoms with Crippen molar-refractivity contribution in [3.05, 3.63) is 0 Å². The Hall–Kier alpha value is -0.150. The van der Waals surface area contributed by atoms with Crippen molar-refractivity contribution in [2.24, 2.45) is 11.1 Å². The van der Waals surface area contributed by atoms with E-state index in [2.05, 4.69) is 20.8 Å². The summed E-state index contributed by atoms with van der Waals surface area (Å²) in [4.78, 5) is 0. The predicted octanol–water partition coefficient (Wildman–Crippen LogP) is 2.27. The summed E-state index contributed by atoms with van der Waals surface area (Å²) >= 11 is 0. The maximum absolute atomic E-state index is 13.8. The second-order valence-corrected chi connectivity index (χ2v) is 6.21. The highest BCUT2D eigenvalue weighted by Crippen LogP contribution is 2.35. The molecule has 1 unspecified atom stereocenters. The molecule has 0 saturated carbocycles. The van der Waals surface area contributed by atoms with E-state index in [0.717, 1.165) is 6.42 Å². The van der Waals surface area contributed by atoms with Gasteiger partial charge in [0.1, 0.15) is 0 Å². The molecule has 0 amide bonds. The highest BCUT2D eigenvalue weighted by molar-refractivity contribution is 4.96. The molecule has 1 atom stereocenters. The summed E-state index contributed by atoms with van der Waals surface area (Å²) < 4.78 is 18.7. The van der Waals surface area contributed by atoms with Crippen LogP contribution in [0.1, 0.15) is 40.5 Å². The zero-order valence-corrected chi connectivity index (χ0v) is 9.69. The Morgan fingerprint density at radius 3 is 2.07 bits per heavy atom. The molecule has 0 radical (unpaired) electrons. The Balaban J connectivity index is 2.48. The van der Waals surface area contributed by atoms with Crippen molar-refractivity contribution >= 4 is 0 Å². The second-order valence-electron chi connectivity index (χ2n) is 6.21. The van der Waals surface area contributed by atoms with Gasteiger partial charge in [0.15, 0.2) is 5.67 Å². The number of ether oxygens (including phenoxy) is 1. The van der Waals surface area contributed by atoms with Crippen LogP contribution >= 0.6 is 0 Å². The maximum Gasteiger partial charge on any atom is 0.159 e. The van der Waals surface area contributed by atoms with Crippen LogP contribution in [0.5, 0.6) is 0 Å².